The van der Waals surface area contributed by atoms with Gasteiger partial charge in [-0.2, -0.15) is 0 Å². The van der Waals surface area contributed by atoms with Gasteiger partial charge in [0.1, 0.15) is 0 Å². The van der Waals surface area contributed by atoms with Crippen molar-refractivity contribution in [2.24, 2.45) is 0 Å². The number of rotatable bonds is 4. The van der Waals surface area contributed by atoms with E-state index in [1.807, 2.05) is 69.9 Å². The van der Waals surface area contributed by atoms with Gasteiger partial charge in [-0.3, -0.25) is 9.97 Å². The van der Waals surface area contributed by atoms with E-state index in [9.17, 15) is 0 Å². The number of pyridine rings is 2. The van der Waals surface area contributed by atoms with Crippen LogP contribution in [0.15, 0.2) is 134 Å². The molecular weight excluding hydrogens is 637 g/mol. The molecule has 0 saturated heterocycles. The zero-order valence-electron chi connectivity index (χ0n) is 24.2. The summed E-state index contributed by atoms with van der Waals surface area (Å²) in [5, 5.41) is 7.58. The predicted molar refractivity (Wildman–Crippen MR) is 203 cm³/mol. The summed E-state index contributed by atoms with van der Waals surface area (Å²) in [6.45, 7) is 0. The van der Waals surface area contributed by atoms with E-state index in [-0.39, 0.29) is 0 Å². The number of hydrogen-bond acceptors (Lipinski definition) is 6. The minimum absolute atomic E-state index is 1.02. The van der Waals surface area contributed by atoms with Gasteiger partial charge in [0, 0.05) is 72.6 Å². The van der Waals surface area contributed by atoms with Crippen molar-refractivity contribution < 1.29 is 0 Å². The van der Waals surface area contributed by atoms with Crippen LogP contribution >= 0.6 is 45.3 Å². The van der Waals surface area contributed by atoms with E-state index in [1.54, 1.807) is 0 Å². The largest absolute Gasteiger partial charge is 0.256 e. The van der Waals surface area contributed by atoms with Crippen LogP contribution in [-0.2, 0) is 0 Å². The van der Waals surface area contributed by atoms with Gasteiger partial charge in [-0.1, -0.05) is 60.7 Å². The summed E-state index contributed by atoms with van der Waals surface area (Å²) in [4.78, 5) is 14.7. The Labute approximate surface area is 280 Å². The molecule has 4 aromatic carbocycles. The third kappa shape index (κ3) is 4.49. The van der Waals surface area contributed by atoms with Gasteiger partial charge in [0.15, 0.2) is 0 Å². The normalized spacial score (nSPS) is 11.9. The summed E-state index contributed by atoms with van der Waals surface area (Å²) >= 11 is 7.46. The summed E-state index contributed by atoms with van der Waals surface area (Å²) < 4.78 is 5.19. The van der Waals surface area contributed by atoms with Gasteiger partial charge in [0.2, 0.25) is 0 Å². The highest BCUT2D eigenvalue weighted by atomic mass is 32.1. The number of hydrogen-bond donors (Lipinski definition) is 0. The summed E-state index contributed by atoms with van der Waals surface area (Å²) in [5.74, 6) is 0. The van der Waals surface area contributed by atoms with E-state index >= 15 is 0 Å². The van der Waals surface area contributed by atoms with Crippen molar-refractivity contribution in [2.45, 2.75) is 0 Å². The van der Waals surface area contributed by atoms with Crippen LogP contribution in [0.1, 0.15) is 0 Å². The van der Waals surface area contributed by atoms with Crippen molar-refractivity contribution in [1.82, 2.24) is 9.97 Å². The zero-order chi connectivity index (χ0) is 30.2. The summed E-state index contributed by atoms with van der Waals surface area (Å²) in [6.07, 6.45) is 4.02. The number of nitrogens with zero attached hydrogens (tertiary/aromatic N) is 2. The second kappa shape index (κ2) is 10.4. The van der Waals surface area contributed by atoms with Crippen molar-refractivity contribution >= 4 is 96.5 Å². The van der Waals surface area contributed by atoms with Crippen LogP contribution in [0.3, 0.4) is 0 Å². The lowest BCUT2D eigenvalue weighted by Gasteiger charge is -1.99. The lowest BCUT2D eigenvalue weighted by atomic mass is 10.1. The molecule has 0 aliphatic heterocycles. The average Bonchev–Trinajstić information content (AvgIpc) is 3.90. The molecule has 10 rings (SSSR count). The van der Waals surface area contributed by atoms with E-state index in [0.717, 1.165) is 22.5 Å². The number of aromatic nitrogens is 2. The van der Waals surface area contributed by atoms with E-state index in [0.29, 0.717) is 0 Å². The van der Waals surface area contributed by atoms with Crippen molar-refractivity contribution in [2.75, 3.05) is 0 Å². The van der Waals surface area contributed by atoms with Crippen LogP contribution < -0.4 is 0 Å². The van der Waals surface area contributed by atoms with Gasteiger partial charge in [0.25, 0.3) is 0 Å². The molecular formula is C40H22N2S4. The van der Waals surface area contributed by atoms with Gasteiger partial charge < -0.3 is 0 Å². The van der Waals surface area contributed by atoms with E-state index < -0.39 is 0 Å². The van der Waals surface area contributed by atoms with Crippen molar-refractivity contribution in [3.63, 3.8) is 0 Å². The van der Waals surface area contributed by atoms with Crippen LogP contribution in [-0.4, -0.2) is 9.97 Å². The number of thiophene rings is 4. The molecule has 0 N–H and O–H groups in total. The molecule has 0 fully saturated rings. The average molecular weight is 659 g/mol. The molecule has 0 radical (unpaired) electrons. The smallest absolute Gasteiger partial charge is 0.0716 e. The zero-order valence-corrected chi connectivity index (χ0v) is 27.5. The highest BCUT2D eigenvalue weighted by molar-refractivity contribution is 7.29. The van der Waals surface area contributed by atoms with Gasteiger partial charge >= 0.3 is 0 Å². The summed E-state index contributed by atoms with van der Waals surface area (Å²) in [7, 11) is 0. The molecule has 0 aliphatic rings. The Kier molecular flexibility index (Phi) is 5.99. The maximum Gasteiger partial charge on any atom is 0.0716 e. The molecule has 46 heavy (non-hydrogen) atoms. The molecule has 0 aliphatic carbocycles. The maximum atomic E-state index is 4.75. The quantitative estimate of drug-likeness (QED) is 0.188. The minimum atomic E-state index is 1.02. The minimum Gasteiger partial charge on any atom is -0.256 e. The Hall–Kier alpha value is -4.72. The fourth-order valence-electron chi connectivity index (χ4n) is 6.21. The SMILES string of the molecule is c1ccc(-c2cc3sc(-c4cc5cc6cc7sc(-c8cc9cnc(-c%10ccccc%10)cc9s8)cc7cc6cc5s4)cc3cn2)cc1. The fraction of sp³-hybridized carbons (Fsp3) is 0. The van der Waals surface area contributed by atoms with Crippen LogP contribution in [0.25, 0.3) is 93.1 Å². The molecule has 6 heterocycles. The summed E-state index contributed by atoms with van der Waals surface area (Å²) in [6, 6.07) is 44.0. The second-order valence-corrected chi connectivity index (χ2v) is 15.9. The first kappa shape index (κ1) is 26.5. The molecule has 0 atom stereocenters. The van der Waals surface area contributed by atoms with Gasteiger partial charge in [-0.15, -0.1) is 45.3 Å². The van der Waals surface area contributed by atoms with Crippen molar-refractivity contribution in [3.05, 3.63) is 134 Å². The molecule has 2 nitrogen and oxygen atoms in total. The van der Waals surface area contributed by atoms with Crippen LogP contribution in [0, 0.1) is 0 Å². The third-order valence-corrected chi connectivity index (χ3v) is 13.3. The van der Waals surface area contributed by atoms with Crippen LogP contribution in [0.4, 0.5) is 0 Å². The first-order chi connectivity index (χ1) is 22.7. The second-order valence-electron chi connectivity index (χ2n) is 11.5. The molecule has 0 amide bonds. The molecule has 6 heteroatoms. The Morgan fingerprint density at radius 1 is 0.326 bits per heavy atom. The molecule has 216 valence electrons. The standard InChI is InChI=1S/C40H22N2S4/c1-3-7-23(8-4-1)31-19-35-29(21-41-31)17-39(45-35)37-15-27-11-25-14-34-28(12-26(25)13-33(27)43-37)16-38(44-34)40-18-30-22-42-32(20-36(30)46-40)24-9-5-2-6-10-24/h1-22H. The Morgan fingerprint density at radius 2 is 0.696 bits per heavy atom. The van der Waals surface area contributed by atoms with Crippen LogP contribution in [0.2, 0.25) is 0 Å². The lowest BCUT2D eigenvalue weighted by molar-refractivity contribution is 1.36. The van der Waals surface area contributed by atoms with Gasteiger partial charge in [0.05, 0.1) is 11.4 Å². The van der Waals surface area contributed by atoms with Crippen molar-refractivity contribution in [1.29, 1.82) is 0 Å². The molecule has 0 bridgehead atoms. The molecule has 6 aromatic heterocycles. The van der Waals surface area contributed by atoms with E-state index in [1.165, 1.54) is 70.6 Å². The number of benzene rings is 4. The highest BCUT2D eigenvalue weighted by Crippen LogP contribution is 2.44. The third-order valence-electron chi connectivity index (χ3n) is 8.54. The molecule has 0 saturated carbocycles. The monoisotopic (exact) mass is 658 g/mol. The Bertz CT molecular complexity index is 2490. The Morgan fingerprint density at radius 3 is 1.11 bits per heavy atom. The lowest BCUT2D eigenvalue weighted by Crippen LogP contribution is -1.80. The van der Waals surface area contributed by atoms with Crippen LogP contribution in [0.5, 0.6) is 0 Å². The topological polar surface area (TPSA) is 25.8 Å². The molecule has 0 spiro atoms. The molecule has 10 aromatic rings. The highest BCUT2D eigenvalue weighted by Gasteiger charge is 2.14. The number of fused-ring (bicyclic) bond motifs is 5. The van der Waals surface area contributed by atoms with Crippen molar-refractivity contribution in [3.8, 4) is 42.0 Å². The predicted octanol–water partition coefficient (Wildman–Crippen LogP) is 13.2. The molecule has 0 unspecified atom stereocenters. The first-order valence-corrected chi connectivity index (χ1v) is 18.3. The first-order valence-electron chi connectivity index (χ1n) is 15.0. The van der Waals surface area contributed by atoms with Gasteiger partial charge in [-0.05, 0) is 82.2 Å². The van der Waals surface area contributed by atoms with E-state index in [4.69, 9.17) is 9.97 Å². The van der Waals surface area contributed by atoms with Gasteiger partial charge in [-0.25, -0.2) is 0 Å². The Balaban J connectivity index is 0.996. The fourth-order valence-corrected chi connectivity index (χ4v) is 10.7. The summed E-state index contributed by atoms with van der Waals surface area (Å²) in [5.41, 5.74) is 4.35. The maximum absolute atomic E-state index is 4.75. The van der Waals surface area contributed by atoms with E-state index in [2.05, 4.69) is 109 Å².